The van der Waals surface area contributed by atoms with E-state index in [0.717, 1.165) is 16.2 Å². The maximum Gasteiger partial charge on any atom is 0.190 e. The lowest BCUT2D eigenvalue weighted by molar-refractivity contribution is 0.628. The van der Waals surface area contributed by atoms with Crippen molar-refractivity contribution in [1.82, 2.24) is 4.57 Å². The molecule has 0 unspecified atom stereocenters. The number of benzene rings is 2. The molecule has 3 rings (SSSR count). The molecule has 3 aromatic rings. The summed E-state index contributed by atoms with van der Waals surface area (Å²) in [5, 5.41) is 2.10. The number of aryl methyl sites for hydroxylation is 1. The minimum absolute atomic E-state index is 0.245. The Morgan fingerprint density at radius 1 is 1.05 bits per heavy atom. The van der Waals surface area contributed by atoms with E-state index in [1.807, 2.05) is 19.2 Å². The number of hydrogen-bond acceptors (Lipinski definition) is 2. The van der Waals surface area contributed by atoms with Crippen molar-refractivity contribution in [3.05, 3.63) is 70.1 Å². The highest BCUT2D eigenvalue weighted by molar-refractivity contribution is 7.07. The molecule has 2 aromatic carbocycles. The molecule has 0 saturated carbocycles. The highest BCUT2D eigenvalue weighted by Gasteiger charge is 2.06. The maximum atomic E-state index is 12.9. The largest absolute Gasteiger partial charge is 0.320 e. The molecule has 106 valence electrons. The van der Waals surface area contributed by atoms with E-state index in [0.29, 0.717) is 0 Å². The van der Waals surface area contributed by atoms with Gasteiger partial charge in [0.25, 0.3) is 0 Å². The second kappa shape index (κ2) is 5.66. The Labute approximate surface area is 126 Å². The summed E-state index contributed by atoms with van der Waals surface area (Å²) in [6.07, 6.45) is 0. The Kier molecular flexibility index (Phi) is 3.71. The van der Waals surface area contributed by atoms with Gasteiger partial charge in [0, 0.05) is 18.0 Å². The molecule has 0 aliphatic carbocycles. The summed E-state index contributed by atoms with van der Waals surface area (Å²) in [5.41, 5.74) is 4.33. The Morgan fingerprint density at radius 3 is 2.48 bits per heavy atom. The van der Waals surface area contributed by atoms with Gasteiger partial charge in [0.05, 0.1) is 11.4 Å². The van der Waals surface area contributed by atoms with E-state index in [1.165, 1.54) is 23.3 Å². The molecule has 0 fully saturated rings. The highest BCUT2D eigenvalue weighted by atomic mass is 32.1. The molecule has 0 aliphatic heterocycles. The third kappa shape index (κ3) is 2.81. The zero-order valence-corrected chi connectivity index (χ0v) is 12.7. The van der Waals surface area contributed by atoms with Crippen molar-refractivity contribution in [1.29, 1.82) is 0 Å². The van der Waals surface area contributed by atoms with Crippen molar-refractivity contribution in [2.24, 2.45) is 12.0 Å². The van der Waals surface area contributed by atoms with E-state index in [-0.39, 0.29) is 5.82 Å². The minimum atomic E-state index is -0.245. The van der Waals surface area contributed by atoms with Gasteiger partial charge in [-0.05, 0) is 36.8 Å². The summed E-state index contributed by atoms with van der Waals surface area (Å²) in [5.74, 6) is -0.245. The normalized spacial score (nSPS) is 11.9. The Balaban J connectivity index is 2.07. The number of halogens is 1. The molecule has 0 spiro atoms. The molecule has 0 N–H and O–H groups in total. The standard InChI is InChI=1S/C17H15FN2S/c1-12-5-3-4-6-15(12)16-11-21-17(20(16)2)19-14-9-7-13(18)8-10-14/h3-11H,1-2H3. The first-order valence-electron chi connectivity index (χ1n) is 6.66. The van der Waals surface area contributed by atoms with Crippen LogP contribution in [0.4, 0.5) is 10.1 Å². The lowest BCUT2D eigenvalue weighted by Crippen LogP contribution is -2.11. The molecule has 4 heteroatoms. The van der Waals surface area contributed by atoms with Crippen LogP contribution < -0.4 is 4.80 Å². The van der Waals surface area contributed by atoms with Crippen molar-refractivity contribution in [2.75, 3.05) is 0 Å². The van der Waals surface area contributed by atoms with Gasteiger partial charge >= 0.3 is 0 Å². The van der Waals surface area contributed by atoms with Gasteiger partial charge in [-0.3, -0.25) is 0 Å². The molecule has 0 amide bonds. The zero-order valence-electron chi connectivity index (χ0n) is 11.9. The van der Waals surface area contributed by atoms with Gasteiger partial charge in [-0.1, -0.05) is 24.3 Å². The Hall–Kier alpha value is -2.20. The molecule has 21 heavy (non-hydrogen) atoms. The van der Waals surface area contributed by atoms with Crippen LogP contribution in [0.2, 0.25) is 0 Å². The van der Waals surface area contributed by atoms with Crippen LogP contribution in [0.25, 0.3) is 11.3 Å². The van der Waals surface area contributed by atoms with Gasteiger partial charge in [0.1, 0.15) is 5.82 Å². The van der Waals surface area contributed by atoms with Crippen LogP contribution in [0.3, 0.4) is 0 Å². The third-order valence-electron chi connectivity index (χ3n) is 3.40. The number of nitrogens with zero attached hydrogens (tertiary/aromatic N) is 2. The molecular formula is C17H15FN2S. The minimum Gasteiger partial charge on any atom is -0.320 e. The summed E-state index contributed by atoms with van der Waals surface area (Å²) in [4.78, 5) is 5.46. The molecule has 1 aromatic heterocycles. The van der Waals surface area contributed by atoms with Gasteiger partial charge in [-0.25, -0.2) is 9.38 Å². The van der Waals surface area contributed by atoms with Gasteiger partial charge in [-0.2, -0.15) is 0 Å². The van der Waals surface area contributed by atoms with Crippen LogP contribution in [0.5, 0.6) is 0 Å². The smallest absolute Gasteiger partial charge is 0.190 e. The van der Waals surface area contributed by atoms with Gasteiger partial charge in [0.15, 0.2) is 4.80 Å². The topological polar surface area (TPSA) is 17.3 Å². The first-order valence-corrected chi connectivity index (χ1v) is 7.54. The van der Waals surface area contributed by atoms with Crippen LogP contribution in [-0.4, -0.2) is 4.57 Å². The molecule has 0 saturated heterocycles. The zero-order chi connectivity index (χ0) is 14.8. The van der Waals surface area contributed by atoms with E-state index in [4.69, 9.17) is 0 Å². The summed E-state index contributed by atoms with van der Waals surface area (Å²) in [6, 6.07) is 14.5. The van der Waals surface area contributed by atoms with E-state index in [9.17, 15) is 4.39 Å². The molecule has 0 bridgehead atoms. The lowest BCUT2D eigenvalue weighted by Gasteiger charge is -2.06. The van der Waals surface area contributed by atoms with Crippen LogP contribution in [0.1, 0.15) is 5.56 Å². The fourth-order valence-electron chi connectivity index (χ4n) is 2.20. The molecule has 1 heterocycles. The average Bonchev–Trinajstić information content (AvgIpc) is 2.83. The van der Waals surface area contributed by atoms with Crippen molar-refractivity contribution >= 4 is 17.0 Å². The number of hydrogen-bond donors (Lipinski definition) is 0. The predicted molar refractivity (Wildman–Crippen MR) is 85.1 cm³/mol. The van der Waals surface area contributed by atoms with Crippen LogP contribution in [0, 0.1) is 12.7 Å². The van der Waals surface area contributed by atoms with E-state index in [2.05, 4.69) is 34.0 Å². The summed E-state index contributed by atoms with van der Waals surface area (Å²) in [6.45, 7) is 2.10. The highest BCUT2D eigenvalue weighted by Crippen LogP contribution is 2.23. The van der Waals surface area contributed by atoms with Crippen molar-refractivity contribution in [3.63, 3.8) is 0 Å². The number of aromatic nitrogens is 1. The molecule has 2 nitrogen and oxygen atoms in total. The van der Waals surface area contributed by atoms with Crippen LogP contribution in [-0.2, 0) is 7.05 Å². The molecule has 0 aliphatic rings. The van der Waals surface area contributed by atoms with Crippen molar-refractivity contribution in [3.8, 4) is 11.3 Å². The van der Waals surface area contributed by atoms with E-state index in [1.54, 1.807) is 23.5 Å². The second-order valence-electron chi connectivity index (χ2n) is 4.87. The second-order valence-corrected chi connectivity index (χ2v) is 5.70. The first kappa shape index (κ1) is 13.8. The summed E-state index contributed by atoms with van der Waals surface area (Å²) in [7, 11) is 2.00. The lowest BCUT2D eigenvalue weighted by atomic mass is 10.1. The van der Waals surface area contributed by atoms with Crippen molar-refractivity contribution < 1.29 is 4.39 Å². The van der Waals surface area contributed by atoms with Crippen LogP contribution >= 0.6 is 11.3 Å². The van der Waals surface area contributed by atoms with Crippen molar-refractivity contribution in [2.45, 2.75) is 6.92 Å². The van der Waals surface area contributed by atoms with Gasteiger partial charge < -0.3 is 4.57 Å². The first-order chi connectivity index (χ1) is 10.1. The fourth-order valence-corrected chi connectivity index (χ4v) is 3.12. The third-order valence-corrected chi connectivity index (χ3v) is 4.31. The Bertz CT molecular complexity index is 828. The molecular weight excluding hydrogens is 283 g/mol. The summed E-state index contributed by atoms with van der Waals surface area (Å²) >= 11 is 1.58. The quantitative estimate of drug-likeness (QED) is 0.666. The van der Waals surface area contributed by atoms with Gasteiger partial charge in [-0.15, -0.1) is 11.3 Å². The average molecular weight is 298 g/mol. The maximum absolute atomic E-state index is 12.9. The summed E-state index contributed by atoms with van der Waals surface area (Å²) < 4.78 is 15.0. The van der Waals surface area contributed by atoms with Gasteiger partial charge in [0.2, 0.25) is 0 Å². The Morgan fingerprint density at radius 2 is 1.76 bits per heavy atom. The molecule has 0 atom stereocenters. The fraction of sp³-hybridized carbons (Fsp3) is 0.118. The van der Waals surface area contributed by atoms with Crippen LogP contribution in [0.15, 0.2) is 58.9 Å². The number of thiazole rings is 1. The van der Waals surface area contributed by atoms with E-state index < -0.39 is 0 Å². The van der Waals surface area contributed by atoms with E-state index >= 15 is 0 Å². The SMILES string of the molecule is Cc1ccccc1-c1csc(=Nc2ccc(F)cc2)n1C. The molecule has 0 radical (unpaired) electrons. The number of rotatable bonds is 2. The monoisotopic (exact) mass is 298 g/mol. The predicted octanol–water partition coefficient (Wildman–Crippen LogP) is 4.43.